The highest BCUT2D eigenvalue weighted by atomic mass is 15.3. The second kappa shape index (κ2) is 6.70. The van der Waals surface area contributed by atoms with Crippen molar-refractivity contribution in [3.63, 3.8) is 0 Å². The molecule has 1 atom stereocenters. The molecule has 20 heavy (non-hydrogen) atoms. The van der Waals surface area contributed by atoms with Gasteiger partial charge in [-0.3, -0.25) is 4.68 Å². The molecule has 0 saturated heterocycles. The third-order valence-corrected chi connectivity index (χ3v) is 3.65. The summed E-state index contributed by atoms with van der Waals surface area (Å²) in [5.74, 6) is 1.08. The molecule has 1 N–H and O–H groups in total. The summed E-state index contributed by atoms with van der Waals surface area (Å²) in [5, 5.41) is 7.97. The van der Waals surface area contributed by atoms with Crippen LogP contribution in [0.25, 0.3) is 0 Å². The topological polar surface area (TPSA) is 47.7 Å². The van der Waals surface area contributed by atoms with Gasteiger partial charge in [-0.25, -0.2) is 4.98 Å². The van der Waals surface area contributed by atoms with Crippen LogP contribution in [0.4, 0.5) is 0 Å². The first-order chi connectivity index (χ1) is 9.69. The molecule has 0 fully saturated rings. The van der Waals surface area contributed by atoms with E-state index >= 15 is 0 Å². The number of rotatable bonds is 7. The lowest BCUT2D eigenvalue weighted by Crippen LogP contribution is -2.26. The standard InChI is InChI=1S/C15H25N5/c1-5-7-16-14(13-11-18-19(4)12(13)3)15-17-8-10-20(15)9-6-2/h8,10-11,14,16H,5-7,9H2,1-4H3. The highest BCUT2D eigenvalue weighted by Crippen LogP contribution is 2.23. The molecule has 0 spiro atoms. The highest BCUT2D eigenvalue weighted by molar-refractivity contribution is 5.27. The average molecular weight is 275 g/mol. The number of hydrogen-bond donors (Lipinski definition) is 1. The lowest BCUT2D eigenvalue weighted by molar-refractivity contribution is 0.528. The summed E-state index contributed by atoms with van der Waals surface area (Å²) >= 11 is 0. The van der Waals surface area contributed by atoms with Gasteiger partial charge in [0.05, 0.1) is 12.2 Å². The molecule has 0 saturated carbocycles. The summed E-state index contributed by atoms with van der Waals surface area (Å²) in [6, 6.07) is 0.116. The molecule has 0 amide bonds. The van der Waals surface area contributed by atoms with Gasteiger partial charge in [0.15, 0.2) is 0 Å². The van der Waals surface area contributed by atoms with E-state index in [-0.39, 0.29) is 6.04 Å². The van der Waals surface area contributed by atoms with Crippen molar-refractivity contribution in [1.29, 1.82) is 0 Å². The SMILES string of the molecule is CCCNC(c1cnn(C)c1C)c1nccn1CCC. The van der Waals surface area contributed by atoms with E-state index in [1.54, 1.807) is 0 Å². The Hall–Kier alpha value is -1.62. The summed E-state index contributed by atoms with van der Waals surface area (Å²) in [7, 11) is 1.98. The Balaban J connectivity index is 2.36. The molecule has 0 aliphatic carbocycles. The Morgan fingerprint density at radius 3 is 2.70 bits per heavy atom. The summed E-state index contributed by atoms with van der Waals surface area (Å²) in [6.07, 6.45) is 8.11. The minimum atomic E-state index is 0.116. The van der Waals surface area contributed by atoms with E-state index in [0.717, 1.165) is 31.8 Å². The third-order valence-electron chi connectivity index (χ3n) is 3.65. The molecule has 0 aromatic carbocycles. The number of nitrogens with one attached hydrogen (secondary N) is 1. The summed E-state index contributed by atoms with van der Waals surface area (Å²) in [4.78, 5) is 4.58. The minimum Gasteiger partial charge on any atom is -0.333 e. The molecule has 0 aliphatic rings. The Labute approximate surface area is 121 Å². The molecule has 110 valence electrons. The summed E-state index contributed by atoms with van der Waals surface area (Å²) in [5.41, 5.74) is 2.40. The molecule has 2 aromatic heterocycles. The Bertz CT molecular complexity index is 540. The maximum atomic E-state index is 4.58. The molecule has 2 heterocycles. The molecule has 0 bridgehead atoms. The van der Waals surface area contributed by atoms with E-state index in [1.807, 2.05) is 24.1 Å². The molecular formula is C15H25N5. The van der Waals surface area contributed by atoms with Gasteiger partial charge >= 0.3 is 0 Å². The maximum absolute atomic E-state index is 4.58. The van der Waals surface area contributed by atoms with Gasteiger partial charge in [-0.2, -0.15) is 5.10 Å². The minimum absolute atomic E-state index is 0.116. The van der Waals surface area contributed by atoms with Gasteiger partial charge in [0, 0.05) is 37.2 Å². The zero-order valence-electron chi connectivity index (χ0n) is 12.9. The van der Waals surface area contributed by atoms with Gasteiger partial charge in [0.25, 0.3) is 0 Å². The van der Waals surface area contributed by atoms with Crippen LogP contribution in [0.2, 0.25) is 0 Å². The molecule has 5 heteroatoms. The number of nitrogens with zero attached hydrogens (tertiary/aromatic N) is 4. The van der Waals surface area contributed by atoms with E-state index < -0.39 is 0 Å². The van der Waals surface area contributed by atoms with E-state index in [4.69, 9.17) is 0 Å². The largest absolute Gasteiger partial charge is 0.333 e. The van der Waals surface area contributed by atoms with Crippen molar-refractivity contribution < 1.29 is 0 Å². The Kier molecular flexibility index (Phi) is 4.95. The molecule has 5 nitrogen and oxygen atoms in total. The second-order valence-electron chi connectivity index (χ2n) is 5.17. The van der Waals surface area contributed by atoms with Gasteiger partial charge in [-0.15, -0.1) is 0 Å². The van der Waals surface area contributed by atoms with Crippen LogP contribution in [-0.4, -0.2) is 25.9 Å². The summed E-state index contributed by atoms with van der Waals surface area (Å²) in [6.45, 7) is 8.44. The van der Waals surface area contributed by atoms with Crippen LogP contribution >= 0.6 is 0 Å². The fourth-order valence-corrected chi connectivity index (χ4v) is 2.44. The average Bonchev–Trinajstić information content (AvgIpc) is 3.02. The van der Waals surface area contributed by atoms with Crippen molar-refractivity contribution in [2.45, 2.75) is 46.2 Å². The van der Waals surface area contributed by atoms with Crippen LogP contribution in [0.3, 0.4) is 0 Å². The maximum Gasteiger partial charge on any atom is 0.130 e. The van der Waals surface area contributed by atoms with Gasteiger partial charge in [0.2, 0.25) is 0 Å². The Morgan fingerprint density at radius 1 is 1.30 bits per heavy atom. The smallest absolute Gasteiger partial charge is 0.130 e. The monoisotopic (exact) mass is 275 g/mol. The van der Waals surface area contributed by atoms with Crippen LogP contribution in [0.1, 0.15) is 49.8 Å². The van der Waals surface area contributed by atoms with Gasteiger partial charge < -0.3 is 9.88 Å². The molecule has 0 radical (unpaired) electrons. The predicted octanol–water partition coefficient (Wildman–Crippen LogP) is 2.42. The third kappa shape index (κ3) is 2.93. The van der Waals surface area contributed by atoms with E-state index in [1.165, 1.54) is 11.3 Å². The lowest BCUT2D eigenvalue weighted by atomic mass is 10.1. The zero-order valence-corrected chi connectivity index (χ0v) is 12.9. The molecular weight excluding hydrogens is 250 g/mol. The first-order valence-corrected chi connectivity index (χ1v) is 7.41. The first kappa shape index (κ1) is 14.8. The van der Waals surface area contributed by atoms with Crippen molar-refractivity contribution in [3.05, 3.63) is 35.7 Å². The van der Waals surface area contributed by atoms with Crippen molar-refractivity contribution in [2.24, 2.45) is 7.05 Å². The zero-order chi connectivity index (χ0) is 14.5. The molecule has 1 unspecified atom stereocenters. The first-order valence-electron chi connectivity index (χ1n) is 7.41. The number of aromatic nitrogens is 4. The van der Waals surface area contributed by atoms with Crippen LogP contribution in [0.5, 0.6) is 0 Å². The predicted molar refractivity (Wildman–Crippen MR) is 80.6 cm³/mol. The van der Waals surface area contributed by atoms with E-state index in [0.29, 0.717) is 0 Å². The van der Waals surface area contributed by atoms with Gasteiger partial charge in [0.1, 0.15) is 5.82 Å². The van der Waals surface area contributed by atoms with Crippen molar-refractivity contribution in [1.82, 2.24) is 24.6 Å². The van der Waals surface area contributed by atoms with E-state index in [2.05, 4.69) is 46.9 Å². The number of hydrogen-bond acceptors (Lipinski definition) is 3. The normalized spacial score (nSPS) is 12.8. The molecule has 2 rings (SSSR count). The van der Waals surface area contributed by atoms with Crippen LogP contribution in [-0.2, 0) is 13.6 Å². The van der Waals surface area contributed by atoms with Crippen LogP contribution < -0.4 is 5.32 Å². The van der Waals surface area contributed by atoms with Crippen molar-refractivity contribution in [2.75, 3.05) is 6.54 Å². The molecule has 0 aliphatic heterocycles. The number of aryl methyl sites for hydroxylation is 2. The fourth-order valence-electron chi connectivity index (χ4n) is 2.44. The van der Waals surface area contributed by atoms with Crippen LogP contribution in [0.15, 0.2) is 18.6 Å². The Morgan fingerprint density at radius 2 is 2.10 bits per heavy atom. The fraction of sp³-hybridized carbons (Fsp3) is 0.600. The van der Waals surface area contributed by atoms with Crippen molar-refractivity contribution in [3.8, 4) is 0 Å². The second-order valence-corrected chi connectivity index (χ2v) is 5.17. The highest BCUT2D eigenvalue weighted by Gasteiger charge is 2.22. The van der Waals surface area contributed by atoms with Gasteiger partial charge in [-0.1, -0.05) is 13.8 Å². The number of imidazole rings is 1. The molecule has 2 aromatic rings. The van der Waals surface area contributed by atoms with Gasteiger partial charge in [-0.05, 0) is 26.3 Å². The van der Waals surface area contributed by atoms with E-state index in [9.17, 15) is 0 Å². The lowest BCUT2D eigenvalue weighted by Gasteiger charge is -2.19. The summed E-state index contributed by atoms with van der Waals surface area (Å²) < 4.78 is 4.16. The van der Waals surface area contributed by atoms with Crippen LogP contribution in [0, 0.1) is 6.92 Å². The quantitative estimate of drug-likeness (QED) is 0.844. The van der Waals surface area contributed by atoms with Crippen molar-refractivity contribution >= 4 is 0 Å².